The maximum absolute atomic E-state index is 15.3. The zero-order valence-electron chi connectivity index (χ0n) is 21.0. The highest BCUT2D eigenvalue weighted by Gasteiger charge is 2.23. The summed E-state index contributed by atoms with van der Waals surface area (Å²) in [6, 6.07) is 14.7. The van der Waals surface area contributed by atoms with Gasteiger partial charge >= 0.3 is 0 Å². The molecule has 0 atom stereocenters. The monoisotopic (exact) mass is 567 g/mol. The van der Waals surface area contributed by atoms with Crippen LogP contribution < -0.4 is 15.2 Å². The summed E-state index contributed by atoms with van der Waals surface area (Å²) in [7, 11) is -3.48. The lowest BCUT2D eigenvalue weighted by molar-refractivity contribution is 0.103. The molecule has 0 aliphatic heterocycles. The van der Waals surface area contributed by atoms with E-state index in [1.165, 1.54) is 12.3 Å². The number of aryl methyl sites for hydroxylation is 2. The summed E-state index contributed by atoms with van der Waals surface area (Å²) in [6.07, 6.45) is 2.34. The number of ether oxygens (including phenoxy) is 1. The Morgan fingerprint density at radius 1 is 1.13 bits per heavy atom. The summed E-state index contributed by atoms with van der Waals surface area (Å²) < 4.78 is 48.0. The van der Waals surface area contributed by atoms with Crippen molar-refractivity contribution in [3.63, 3.8) is 0 Å². The zero-order chi connectivity index (χ0) is 28.1. The number of aromatic nitrogens is 3. The molecule has 0 fully saturated rings. The molecule has 3 aromatic carbocycles. The number of nitrogen functional groups attached to an aromatic ring is 1. The molecule has 0 aliphatic carbocycles. The van der Waals surface area contributed by atoms with Gasteiger partial charge in [0.2, 0.25) is 15.8 Å². The Hall–Kier alpha value is -4.35. The summed E-state index contributed by atoms with van der Waals surface area (Å²) in [4.78, 5) is 16.3. The third kappa shape index (κ3) is 5.18. The highest BCUT2D eigenvalue weighted by molar-refractivity contribution is 7.92. The Morgan fingerprint density at radius 3 is 2.56 bits per heavy atom. The average Bonchev–Trinajstić information content (AvgIpc) is 3.42. The van der Waals surface area contributed by atoms with Crippen molar-refractivity contribution in [3.05, 3.63) is 94.0 Å². The summed E-state index contributed by atoms with van der Waals surface area (Å²) >= 11 is 6.14. The molecular formula is C27H23ClFN5O4S. The van der Waals surface area contributed by atoms with E-state index in [-0.39, 0.29) is 28.5 Å². The molecule has 0 unspecified atom stereocenters. The van der Waals surface area contributed by atoms with Crippen LogP contribution in [0.15, 0.2) is 60.8 Å². The number of carbonyl (C=O) groups excluding carboxylic acids is 1. The highest BCUT2D eigenvalue weighted by atomic mass is 35.5. The van der Waals surface area contributed by atoms with Crippen LogP contribution in [0.1, 0.15) is 27.2 Å². The van der Waals surface area contributed by atoms with Gasteiger partial charge in [0.25, 0.3) is 0 Å². The third-order valence-corrected chi connectivity index (χ3v) is 6.96. The molecule has 0 amide bonds. The van der Waals surface area contributed by atoms with Gasteiger partial charge in [-0.25, -0.2) is 17.5 Å². The molecule has 0 radical (unpaired) electrons. The van der Waals surface area contributed by atoms with Crippen molar-refractivity contribution >= 4 is 49.8 Å². The van der Waals surface area contributed by atoms with Crippen molar-refractivity contribution in [1.29, 1.82) is 0 Å². The Kier molecular flexibility index (Phi) is 6.57. The zero-order valence-corrected chi connectivity index (χ0v) is 22.6. The molecule has 200 valence electrons. The third-order valence-electron chi connectivity index (χ3n) is 6.06. The SMILES string of the molecule is Cc1cc2cc(C(=O)c3cnn(-c4c(C)cc(Oc5ccccc5Cl)cc4F)c3N)[nH]c2cc1NS(C)(=O)=O. The van der Waals surface area contributed by atoms with Crippen LogP contribution in [0.4, 0.5) is 15.9 Å². The van der Waals surface area contributed by atoms with Crippen molar-refractivity contribution in [2.75, 3.05) is 16.7 Å². The van der Waals surface area contributed by atoms with Gasteiger partial charge in [0.05, 0.1) is 34.4 Å². The summed E-state index contributed by atoms with van der Waals surface area (Å²) in [5, 5.41) is 5.27. The van der Waals surface area contributed by atoms with Crippen molar-refractivity contribution in [1.82, 2.24) is 14.8 Å². The molecule has 9 nitrogen and oxygen atoms in total. The topological polar surface area (TPSA) is 132 Å². The van der Waals surface area contributed by atoms with E-state index in [0.29, 0.717) is 38.5 Å². The Labute approximate surface area is 228 Å². The van der Waals surface area contributed by atoms with E-state index in [0.717, 1.165) is 10.9 Å². The second-order valence-corrected chi connectivity index (χ2v) is 11.3. The maximum Gasteiger partial charge on any atom is 0.229 e. The molecule has 5 rings (SSSR count). The summed E-state index contributed by atoms with van der Waals surface area (Å²) in [6.45, 7) is 3.42. The molecule has 2 heterocycles. The maximum atomic E-state index is 15.3. The number of para-hydroxylation sites is 1. The molecule has 2 aromatic heterocycles. The first-order chi connectivity index (χ1) is 18.4. The van der Waals surface area contributed by atoms with Crippen LogP contribution in [0.5, 0.6) is 11.5 Å². The molecule has 4 N–H and O–H groups in total. The van der Waals surface area contributed by atoms with Crippen molar-refractivity contribution in [2.24, 2.45) is 0 Å². The summed E-state index contributed by atoms with van der Waals surface area (Å²) in [5.41, 5.74) is 8.74. The lowest BCUT2D eigenvalue weighted by atomic mass is 10.1. The summed E-state index contributed by atoms with van der Waals surface area (Å²) in [5.74, 6) is -0.539. The number of nitrogens with zero attached hydrogens (tertiary/aromatic N) is 2. The van der Waals surface area contributed by atoms with Crippen molar-refractivity contribution in [2.45, 2.75) is 13.8 Å². The van der Waals surface area contributed by atoms with E-state index in [4.69, 9.17) is 22.1 Å². The fourth-order valence-electron chi connectivity index (χ4n) is 4.27. The van der Waals surface area contributed by atoms with E-state index in [9.17, 15) is 13.2 Å². The van der Waals surface area contributed by atoms with Gasteiger partial charge in [-0.05, 0) is 61.4 Å². The molecule has 0 bridgehead atoms. The number of benzene rings is 3. The molecule has 0 aliphatic rings. The molecule has 0 saturated carbocycles. The quantitative estimate of drug-likeness (QED) is 0.215. The molecule has 39 heavy (non-hydrogen) atoms. The van der Waals surface area contributed by atoms with E-state index in [1.807, 2.05) is 0 Å². The number of nitrogens with two attached hydrogens (primary N) is 1. The first kappa shape index (κ1) is 26.3. The number of fused-ring (bicyclic) bond motifs is 1. The van der Waals surface area contributed by atoms with Gasteiger partial charge in [-0.2, -0.15) is 5.10 Å². The second kappa shape index (κ2) is 9.75. The number of halogens is 2. The largest absolute Gasteiger partial charge is 0.456 e. The fourth-order valence-corrected chi connectivity index (χ4v) is 5.06. The van der Waals surface area contributed by atoms with Crippen molar-refractivity contribution < 1.29 is 22.3 Å². The number of sulfonamides is 1. The minimum absolute atomic E-state index is 0.0453. The smallest absolute Gasteiger partial charge is 0.229 e. The Balaban J connectivity index is 1.46. The highest BCUT2D eigenvalue weighted by Crippen LogP contribution is 2.33. The Morgan fingerprint density at radius 2 is 1.87 bits per heavy atom. The first-order valence-corrected chi connectivity index (χ1v) is 13.9. The number of anilines is 2. The van der Waals surface area contributed by atoms with E-state index in [2.05, 4.69) is 14.8 Å². The number of ketones is 1. The van der Waals surface area contributed by atoms with Gasteiger partial charge in [-0.15, -0.1) is 0 Å². The van der Waals surface area contributed by atoms with E-state index >= 15 is 4.39 Å². The molecular weight excluding hydrogens is 545 g/mol. The van der Waals surface area contributed by atoms with Gasteiger partial charge in [0, 0.05) is 17.0 Å². The Bertz CT molecular complexity index is 1860. The van der Waals surface area contributed by atoms with Crippen LogP contribution in [-0.2, 0) is 10.0 Å². The standard InChI is InChI=1S/C27H23ClFN5O4S/c1-14-8-16-10-23(32-22(16)12-21(14)33-39(3,36)37)26(35)18-13-31-34(27(18)30)25-15(2)9-17(11-20(25)29)38-24-7-5-4-6-19(24)28/h4-13,32-33H,30H2,1-3H3. The first-order valence-electron chi connectivity index (χ1n) is 11.6. The second-order valence-electron chi connectivity index (χ2n) is 9.10. The van der Waals surface area contributed by atoms with Crippen LogP contribution in [0.3, 0.4) is 0 Å². The number of hydrogen-bond donors (Lipinski definition) is 3. The van der Waals surface area contributed by atoms with Gasteiger partial charge in [-0.3, -0.25) is 9.52 Å². The van der Waals surface area contributed by atoms with Crippen LogP contribution >= 0.6 is 11.6 Å². The molecule has 12 heteroatoms. The fraction of sp³-hybridized carbons (Fsp3) is 0.111. The predicted molar refractivity (Wildman–Crippen MR) is 149 cm³/mol. The molecule has 0 saturated heterocycles. The molecule has 5 aromatic rings. The van der Waals surface area contributed by atoms with Crippen LogP contribution in [0.25, 0.3) is 16.6 Å². The van der Waals surface area contributed by atoms with E-state index in [1.54, 1.807) is 62.4 Å². The lowest BCUT2D eigenvalue weighted by Gasteiger charge is -2.13. The van der Waals surface area contributed by atoms with Crippen LogP contribution in [-0.4, -0.2) is 35.2 Å². The van der Waals surface area contributed by atoms with Crippen molar-refractivity contribution in [3.8, 4) is 17.2 Å². The minimum atomic E-state index is -3.48. The normalized spacial score (nSPS) is 11.6. The predicted octanol–water partition coefficient (Wildman–Crippen LogP) is 5.74. The minimum Gasteiger partial charge on any atom is -0.456 e. The number of nitrogens with one attached hydrogen (secondary N) is 2. The van der Waals surface area contributed by atoms with Gasteiger partial charge in [-0.1, -0.05) is 23.7 Å². The van der Waals surface area contributed by atoms with Crippen LogP contribution in [0, 0.1) is 19.7 Å². The van der Waals surface area contributed by atoms with Gasteiger partial charge < -0.3 is 15.5 Å². The molecule has 0 spiro atoms. The van der Waals surface area contributed by atoms with Gasteiger partial charge in [0.1, 0.15) is 23.0 Å². The number of H-pyrrole nitrogens is 1. The van der Waals surface area contributed by atoms with Crippen LogP contribution in [0.2, 0.25) is 5.02 Å². The van der Waals surface area contributed by atoms with Gasteiger partial charge in [0.15, 0.2) is 5.82 Å². The number of hydrogen-bond acceptors (Lipinski definition) is 6. The lowest BCUT2D eigenvalue weighted by Crippen LogP contribution is -2.10. The number of carbonyl (C=O) groups is 1. The van der Waals surface area contributed by atoms with E-state index < -0.39 is 21.6 Å². The number of aromatic amines is 1. The average molecular weight is 568 g/mol. The number of rotatable bonds is 7.